The third-order valence-electron chi connectivity index (χ3n) is 5.25. The largest absolute Gasteiger partial charge is 0.329 e. The van der Waals surface area contributed by atoms with Gasteiger partial charge in [-0.15, -0.1) is 11.3 Å². The number of aryl methyl sites for hydroxylation is 2. The maximum Gasteiger partial charge on any atom is 0.264 e. The molecule has 7 nitrogen and oxygen atoms in total. The number of carbonyl (C=O) groups is 1. The first-order valence-electron chi connectivity index (χ1n) is 9.72. The van der Waals surface area contributed by atoms with Crippen LogP contribution in [0, 0.1) is 13.8 Å². The summed E-state index contributed by atoms with van der Waals surface area (Å²) in [6.45, 7) is 4.60. The van der Waals surface area contributed by atoms with Crippen molar-refractivity contribution in [3.05, 3.63) is 74.1 Å². The third-order valence-corrected chi connectivity index (χ3v) is 6.13. The number of nitrogens with zero attached hydrogens (tertiary/aromatic N) is 5. The van der Waals surface area contributed by atoms with Crippen LogP contribution in [-0.4, -0.2) is 36.9 Å². The van der Waals surface area contributed by atoms with E-state index >= 15 is 0 Å². The molecule has 0 bridgehead atoms. The lowest BCUT2D eigenvalue weighted by molar-refractivity contribution is 0.0608. The molecule has 1 aliphatic heterocycles. The summed E-state index contributed by atoms with van der Waals surface area (Å²) in [5.74, 6) is -0.211. The fourth-order valence-electron chi connectivity index (χ4n) is 3.70. The second-order valence-electron chi connectivity index (χ2n) is 7.34. The number of hydrogen-bond acceptors (Lipinski definition) is 6. The summed E-state index contributed by atoms with van der Waals surface area (Å²) in [7, 11) is 0. The lowest BCUT2D eigenvalue weighted by Gasteiger charge is -2.34. The Hall–Kier alpha value is -2.87. The highest BCUT2D eigenvalue weighted by Gasteiger charge is 2.32. The predicted molar refractivity (Wildman–Crippen MR) is 111 cm³/mol. The van der Waals surface area contributed by atoms with Crippen molar-refractivity contribution in [3.8, 4) is 0 Å². The van der Waals surface area contributed by atoms with Gasteiger partial charge in [0, 0.05) is 30.5 Å². The van der Waals surface area contributed by atoms with Crippen LogP contribution in [0.25, 0.3) is 0 Å². The number of rotatable bonds is 4. The molecule has 0 aromatic carbocycles. The Morgan fingerprint density at radius 3 is 2.79 bits per heavy atom. The normalized spacial score (nSPS) is 16.8. The summed E-state index contributed by atoms with van der Waals surface area (Å²) in [6.07, 6.45) is 9.67. The van der Waals surface area contributed by atoms with E-state index in [0.29, 0.717) is 17.8 Å². The van der Waals surface area contributed by atoms with Gasteiger partial charge in [-0.3, -0.25) is 19.6 Å². The van der Waals surface area contributed by atoms with Gasteiger partial charge in [0.05, 0.1) is 30.2 Å². The van der Waals surface area contributed by atoms with Gasteiger partial charge in [0.2, 0.25) is 0 Å². The smallest absolute Gasteiger partial charge is 0.264 e. The molecule has 1 saturated heterocycles. The maximum atomic E-state index is 13.5. The number of hydrogen-bond donors (Lipinski definition) is 0. The molecule has 1 aliphatic rings. The molecule has 3 aromatic rings. The van der Waals surface area contributed by atoms with Crippen LogP contribution in [0.1, 0.15) is 57.6 Å². The molecule has 0 aliphatic carbocycles. The standard InChI is InChI=1S/C21H23N5O2S/c1-14-6-9-25(13-16-12-23-15(2)11-24-16)20(27)18(14)21(28)26-8-4-3-5-17(26)19-22-7-10-29-19/h6-7,9-12,17H,3-5,8,13H2,1-2H3. The Morgan fingerprint density at radius 1 is 1.21 bits per heavy atom. The Balaban J connectivity index is 1.67. The average molecular weight is 410 g/mol. The molecular formula is C21H23N5O2S. The van der Waals surface area contributed by atoms with Crippen LogP contribution in [0.2, 0.25) is 0 Å². The van der Waals surface area contributed by atoms with Crippen LogP contribution in [-0.2, 0) is 6.54 Å². The summed E-state index contributed by atoms with van der Waals surface area (Å²) in [4.78, 5) is 41.4. The Kier molecular flexibility index (Phi) is 5.53. The lowest BCUT2D eigenvalue weighted by atomic mass is 10.0. The minimum atomic E-state index is -0.291. The molecule has 4 rings (SSSR count). The zero-order valence-electron chi connectivity index (χ0n) is 16.5. The highest BCUT2D eigenvalue weighted by Crippen LogP contribution is 2.33. The Morgan fingerprint density at radius 2 is 2.07 bits per heavy atom. The highest BCUT2D eigenvalue weighted by atomic mass is 32.1. The van der Waals surface area contributed by atoms with Crippen molar-refractivity contribution in [2.75, 3.05) is 6.54 Å². The van der Waals surface area contributed by atoms with Gasteiger partial charge in [0.25, 0.3) is 11.5 Å². The monoisotopic (exact) mass is 409 g/mol. The molecule has 1 amide bonds. The van der Waals surface area contributed by atoms with Crippen molar-refractivity contribution in [1.82, 2.24) is 24.4 Å². The molecule has 1 atom stereocenters. The lowest BCUT2D eigenvalue weighted by Crippen LogP contribution is -2.42. The fourth-order valence-corrected chi connectivity index (χ4v) is 4.48. The molecule has 0 spiro atoms. The van der Waals surface area contributed by atoms with E-state index in [0.717, 1.165) is 30.0 Å². The molecule has 29 heavy (non-hydrogen) atoms. The first-order chi connectivity index (χ1) is 14.0. The van der Waals surface area contributed by atoms with Gasteiger partial charge in [-0.2, -0.15) is 0 Å². The van der Waals surface area contributed by atoms with Gasteiger partial charge in [0.1, 0.15) is 10.6 Å². The van der Waals surface area contributed by atoms with E-state index < -0.39 is 0 Å². The van der Waals surface area contributed by atoms with Crippen molar-refractivity contribution in [1.29, 1.82) is 0 Å². The van der Waals surface area contributed by atoms with Crippen LogP contribution in [0.4, 0.5) is 0 Å². The SMILES string of the molecule is Cc1cnc(Cn2ccc(C)c(C(=O)N3CCCCC3c3nccs3)c2=O)cn1. The van der Waals surface area contributed by atoms with Crippen molar-refractivity contribution in [2.45, 2.75) is 45.7 Å². The van der Waals surface area contributed by atoms with Gasteiger partial charge < -0.3 is 9.47 Å². The zero-order valence-corrected chi connectivity index (χ0v) is 17.4. The molecule has 3 aromatic heterocycles. The van der Waals surface area contributed by atoms with Gasteiger partial charge >= 0.3 is 0 Å². The topological polar surface area (TPSA) is 81.0 Å². The van der Waals surface area contributed by atoms with Gasteiger partial charge in [-0.05, 0) is 44.7 Å². The number of pyridine rings is 1. The Bertz CT molecular complexity index is 1060. The van der Waals surface area contributed by atoms with E-state index in [9.17, 15) is 9.59 Å². The fraction of sp³-hybridized carbons (Fsp3) is 0.381. The molecular weight excluding hydrogens is 386 g/mol. The summed E-state index contributed by atoms with van der Waals surface area (Å²) < 4.78 is 1.53. The predicted octanol–water partition coefficient (Wildman–Crippen LogP) is 3.13. The second-order valence-corrected chi connectivity index (χ2v) is 8.26. The summed E-state index contributed by atoms with van der Waals surface area (Å²) in [5, 5.41) is 2.86. The van der Waals surface area contributed by atoms with Crippen LogP contribution >= 0.6 is 11.3 Å². The van der Waals surface area contributed by atoms with Crippen LogP contribution < -0.4 is 5.56 Å². The molecule has 0 saturated carbocycles. The number of thiazole rings is 1. The van der Waals surface area contributed by atoms with Crippen molar-refractivity contribution < 1.29 is 4.79 Å². The molecule has 4 heterocycles. The van der Waals surface area contributed by atoms with E-state index in [1.807, 2.05) is 30.2 Å². The van der Waals surface area contributed by atoms with E-state index in [1.54, 1.807) is 36.1 Å². The maximum absolute atomic E-state index is 13.5. The molecule has 8 heteroatoms. The van der Waals surface area contributed by atoms with E-state index in [4.69, 9.17) is 0 Å². The van der Waals surface area contributed by atoms with E-state index in [2.05, 4.69) is 15.0 Å². The summed E-state index contributed by atoms with van der Waals surface area (Å²) >= 11 is 1.56. The van der Waals surface area contributed by atoms with Crippen molar-refractivity contribution in [2.24, 2.45) is 0 Å². The summed E-state index contributed by atoms with van der Waals surface area (Å²) in [6, 6.07) is 1.75. The molecule has 1 unspecified atom stereocenters. The van der Waals surface area contributed by atoms with Gasteiger partial charge in [-0.1, -0.05) is 0 Å². The molecule has 0 N–H and O–H groups in total. The quantitative estimate of drug-likeness (QED) is 0.661. The minimum absolute atomic E-state index is 0.0633. The van der Waals surface area contributed by atoms with Crippen molar-refractivity contribution >= 4 is 17.2 Å². The third kappa shape index (κ3) is 3.98. The van der Waals surface area contributed by atoms with E-state index in [1.165, 1.54) is 4.57 Å². The number of piperidine rings is 1. The first kappa shape index (κ1) is 19.4. The number of amides is 1. The van der Waals surface area contributed by atoms with Crippen LogP contribution in [0.3, 0.4) is 0 Å². The van der Waals surface area contributed by atoms with E-state index in [-0.39, 0.29) is 29.6 Å². The average Bonchev–Trinajstić information content (AvgIpc) is 3.26. The van der Waals surface area contributed by atoms with Crippen LogP contribution in [0.5, 0.6) is 0 Å². The first-order valence-corrected chi connectivity index (χ1v) is 10.6. The second kappa shape index (κ2) is 8.24. The number of aromatic nitrogens is 4. The Labute approximate surface area is 173 Å². The zero-order chi connectivity index (χ0) is 20.4. The molecule has 150 valence electrons. The minimum Gasteiger partial charge on any atom is -0.329 e. The van der Waals surface area contributed by atoms with Crippen LogP contribution in [0.15, 0.2) is 41.0 Å². The van der Waals surface area contributed by atoms with Crippen molar-refractivity contribution in [3.63, 3.8) is 0 Å². The molecule has 0 radical (unpaired) electrons. The van der Waals surface area contributed by atoms with Gasteiger partial charge in [0.15, 0.2) is 0 Å². The molecule has 1 fully saturated rings. The summed E-state index contributed by atoms with van der Waals surface area (Å²) in [5.41, 5.74) is 2.13. The number of likely N-dealkylation sites (tertiary alicyclic amines) is 1. The number of carbonyl (C=O) groups excluding carboxylic acids is 1. The highest BCUT2D eigenvalue weighted by molar-refractivity contribution is 7.09. The van der Waals surface area contributed by atoms with Gasteiger partial charge in [-0.25, -0.2) is 4.98 Å².